The summed E-state index contributed by atoms with van der Waals surface area (Å²) in [6.45, 7) is 1.15. The molecule has 2 amide bonds. The third kappa shape index (κ3) is 5.31. The lowest BCUT2D eigenvalue weighted by atomic mass is 9.93. The van der Waals surface area contributed by atoms with Crippen LogP contribution >= 0.6 is 0 Å². The van der Waals surface area contributed by atoms with Crippen molar-refractivity contribution in [1.82, 2.24) is 14.5 Å². The Bertz CT molecular complexity index is 1480. The van der Waals surface area contributed by atoms with Crippen molar-refractivity contribution in [2.75, 3.05) is 11.4 Å². The summed E-state index contributed by atoms with van der Waals surface area (Å²) in [5.41, 5.74) is 3.37. The fourth-order valence-corrected chi connectivity index (χ4v) is 6.17. The Hall–Kier alpha value is -4.00. The number of anilines is 1. The number of carbonyl (C=O) groups is 2. The van der Waals surface area contributed by atoms with Crippen LogP contribution in [0.3, 0.4) is 0 Å². The lowest BCUT2D eigenvalue weighted by molar-refractivity contribution is -0.135. The zero-order valence-electron chi connectivity index (χ0n) is 22.0. The Labute approximate surface area is 228 Å². The molecule has 1 aliphatic carbocycles. The second kappa shape index (κ2) is 11.0. The maximum Gasteiger partial charge on any atom is 0.243 e. The Balaban J connectivity index is 1.31. The molecule has 1 aliphatic heterocycles. The molecule has 1 aromatic heterocycles. The predicted octanol–water partition coefficient (Wildman–Crippen LogP) is 6.06. The zero-order valence-corrected chi connectivity index (χ0v) is 22.0. The van der Waals surface area contributed by atoms with Crippen molar-refractivity contribution in [2.24, 2.45) is 0 Å². The summed E-state index contributed by atoms with van der Waals surface area (Å²) < 4.78 is 15.9. The number of benzene rings is 3. The van der Waals surface area contributed by atoms with E-state index in [-0.39, 0.29) is 42.6 Å². The Morgan fingerprint density at radius 2 is 1.72 bits per heavy atom. The number of amides is 2. The molecular weight excluding hydrogens is 491 g/mol. The number of halogens is 1. The molecular formula is C32H33FN4O2. The predicted molar refractivity (Wildman–Crippen MR) is 150 cm³/mol. The van der Waals surface area contributed by atoms with Crippen LogP contribution < -0.4 is 4.90 Å². The SMILES string of the molecule is O=C1CC(c2nc3ccccc3n2CC(=O)N(Cc2ccccc2)C2CCCCC2)CN1c1cccc(F)c1. The maximum atomic E-state index is 14.1. The number of aromatic nitrogens is 2. The molecule has 6 rings (SSSR count). The highest BCUT2D eigenvalue weighted by Gasteiger charge is 2.36. The monoisotopic (exact) mass is 524 g/mol. The molecule has 0 spiro atoms. The first-order valence-electron chi connectivity index (χ1n) is 13.9. The molecule has 39 heavy (non-hydrogen) atoms. The van der Waals surface area contributed by atoms with Gasteiger partial charge in [-0.3, -0.25) is 9.59 Å². The van der Waals surface area contributed by atoms with E-state index in [4.69, 9.17) is 4.98 Å². The van der Waals surface area contributed by atoms with Crippen LogP contribution in [0.5, 0.6) is 0 Å². The molecule has 3 aromatic carbocycles. The molecule has 2 heterocycles. The maximum absolute atomic E-state index is 14.1. The van der Waals surface area contributed by atoms with Gasteiger partial charge in [-0.2, -0.15) is 0 Å². The van der Waals surface area contributed by atoms with Gasteiger partial charge in [0, 0.05) is 37.2 Å². The van der Waals surface area contributed by atoms with Crippen molar-refractivity contribution in [1.29, 1.82) is 0 Å². The van der Waals surface area contributed by atoms with Gasteiger partial charge in [0.1, 0.15) is 18.2 Å². The smallest absolute Gasteiger partial charge is 0.243 e. The molecule has 2 fully saturated rings. The molecule has 1 unspecified atom stereocenters. The van der Waals surface area contributed by atoms with E-state index in [0.717, 1.165) is 48.1 Å². The molecule has 200 valence electrons. The third-order valence-corrected chi connectivity index (χ3v) is 8.12. The number of nitrogens with zero attached hydrogens (tertiary/aromatic N) is 4. The van der Waals surface area contributed by atoms with Gasteiger partial charge < -0.3 is 14.4 Å². The van der Waals surface area contributed by atoms with Crippen LogP contribution in [0, 0.1) is 5.82 Å². The minimum atomic E-state index is -0.372. The van der Waals surface area contributed by atoms with Crippen LogP contribution in [0.4, 0.5) is 10.1 Å². The van der Waals surface area contributed by atoms with E-state index in [1.165, 1.54) is 18.6 Å². The van der Waals surface area contributed by atoms with Crippen molar-refractivity contribution in [3.63, 3.8) is 0 Å². The van der Waals surface area contributed by atoms with Crippen LogP contribution in [-0.2, 0) is 22.7 Å². The van der Waals surface area contributed by atoms with Gasteiger partial charge in [-0.25, -0.2) is 9.37 Å². The fourth-order valence-electron chi connectivity index (χ4n) is 6.17. The molecule has 1 saturated carbocycles. The lowest BCUT2D eigenvalue weighted by Crippen LogP contribution is -2.42. The Kier molecular flexibility index (Phi) is 7.14. The second-order valence-corrected chi connectivity index (χ2v) is 10.7. The highest BCUT2D eigenvalue weighted by Crippen LogP contribution is 2.34. The summed E-state index contributed by atoms with van der Waals surface area (Å²) in [6, 6.07) is 24.4. The average Bonchev–Trinajstić information content (AvgIpc) is 3.53. The van der Waals surface area contributed by atoms with Crippen LogP contribution in [0.15, 0.2) is 78.9 Å². The first-order valence-corrected chi connectivity index (χ1v) is 13.9. The summed E-state index contributed by atoms with van der Waals surface area (Å²) in [6.07, 6.45) is 5.82. The Morgan fingerprint density at radius 3 is 2.51 bits per heavy atom. The van der Waals surface area contributed by atoms with E-state index in [1.54, 1.807) is 17.0 Å². The average molecular weight is 525 g/mol. The standard InChI is InChI=1S/C32H33FN4O2/c33-25-12-9-15-27(19-25)36-21-24(18-30(36)38)32-34-28-16-7-8-17-29(28)37(32)22-31(39)35(26-13-5-2-6-14-26)20-23-10-3-1-4-11-23/h1,3-4,7-12,15-17,19,24,26H,2,5-6,13-14,18,20-22H2. The molecule has 7 heteroatoms. The number of carbonyl (C=O) groups excluding carboxylic acids is 2. The molecule has 6 nitrogen and oxygen atoms in total. The summed E-state index contributed by atoms with van der Waals surface area (Å²) in [4.78, 5) is 35.7. The van der Waals surface area contributed by atoms with Crippen molar-refractivity contribution in [2.45, 2.75) is 63.6 Å². The van der Waals surface area contributed by atoms with E-state index in [0.29, 0.717) is 18.8 Å². The summed E-state index contributed by atoms with van der Waals surface area (Å²) >= 11 is 0. The van der Waals surface area contributed by atoms with Crippen LogP contribution in [-0.4, -0.2) is 38.9 Å². The quantitative estimate of drug-likeness (QED) is 0.295. The molecule has 4 aromatic rings. The number of imidazole rings is 1. The van der Waals surface area contributed by atoms with Crippen molar-refractivity contribution < 1.29 is 14.0 Å². The topological polar surface area (TPSA) is 58.4 Å². The van der Waals surface area contributed by atoms with Crippen molar-refractivity contribution >= 4 is 28.5 Å². The van der Waals surface area contributed by atoms with Gasteiger partial charge in [0.2, 0.25) is 11.8 Å². The first kappa shape index (κ1) is 25.3. The molecule has 2 aliphatic rings. The van der Waals surface area contributed by atoms with Gasteiger partial charge in [-0.05, 0) is 48.7 Å². The normalized spacial score (nSPS) is 18.1. The van der Waals surface area contributed by atoms with Gasteiger partial charge in [0.25, 0.3) is 0 Å². The number of para-hydroxylation sites is 2. The van der Waals surface area contributed by atoms with E-state index < -0.39 is 0 Å². The van der Waals surface area contributed by atoms with Crippen LogP contribution in [0.25, 0.3) is 11.0 Å². The lowest BCUT2D eigenvalue weighted by Gasteiger charge is -2.35. The number of rotatable bonds is 7. The van der Waals surface area contributed by atoms with E-state index in [9.17, 15) is 14.0 Å². The summed E-state index contributed by atoms with van der Waals surface area (Å²) in [7, 11) is 0. The highest BCUT2D eigenvalue weighted by molar-refractivity contribution is 5.96. The second-order valence-electron chi connectivity index (χ2n) is 10.7. The van der Waals surface area contributed by atoms with Crippen LogP contribution in [0.1, 0.15) is 55.8 Å². The van der Waals surface area contributed by atoms with Crippen molar-refractivity contribution in [3.05, 3.63) is 96.1 Å². The minimum absolute atomic E-state index is 0.0663. The molecule has 1 saturated heterocycles. The number of fused-ring (bicyclic) bond motifs is 1. The van der Waals surface area contributed by atoms with Gasteiger partial charge in [0.15, 0.2) is 0 Å². The summed E-state index contributed by atoms with van der Waals surface area (Å²) in [5, 5.41) is 0. The Morgan fingerprint density at radius 1 is 0.949 bits per heavy atom. The molecule has 0 N–H and O–H groups in total. The van der Waals surface area contributed by atoms with E-state index in [1.807, 2.05) is 47.0 Å². The van der Waals surface area contributed by atoms with E-state index >= 15 is 0 Å². The van der Waals surface area contributed by atoms with Crippen LogP contribution in [0.2, 0.25) is 0 Å². The summed E-state index contributed by atoms with van der Waals surface area (Å²) in [5.74, 6) is 0.172. The zero-order chi connectivity index (χ0) is 26.8. The minimum Gasteiger partial charge on any atom is -0.334 e. The van der Waals surface area contributed by atoms with Gasteiger partial charge >= 0.3 is 0 Å². The van der Waals surface area contributed by atoms with Crippen molar-refractivity contribution in [3.8, 4) is 0 Å². The third-order valence-electron chi connectivity index (χ3n) is 8.12. The highest BCUT2D eigenvalue weighted by atomic mass is 19.1. The van der Waals surface area contributed by atoms with Gasteiger partial charge in [-0.15, -0.1) is 0 Å². The number of hydrogen-bond acceptors (Lipinski definition) is 3. The van der Waals surface area contributed by atoms with E-state index in [2.05, 4.69) is 17.0 Å². The molecule has 0 bridgehead atoms. The number of hydrogen-bond donors (Lipinski definition) is 0. The largest absolute Gasteiger partial charge is 0.334 e. The van der Waals surface area contributed by atoms with Gasteiger partial charge in [-0.1, -0.05) is 67.8 Å². The molecule has 1 atom stereocenters. The first-order chi connectivity index (χ1) is 19.1. The molecule has 0 radical (unpaired) electrons. The fraction of sp³-hybridized carbons (Fsp3) is 0.344. The van der Waals surface area contributed by atoms with Gasteiger partial charge in [0.05, 0.1) is 11.0 Å².